The molecule has 0 bridgehead atoms. The molecular weight excluding hydrogens is 392 g/mol. The van der Waals surface area contributed by atoms with Crippen molar-refractivity contribution in [1.82, 2.24) is 5.32 Å². The van der Waals surface area contributed by atoms with Gasteiger partial charge in [-0.3, -0.25) is 4.79 Å². The number of rotatable bonds is 12. The quantitative estimate of drug-likeness (QED) is 0.499. The first kappa shape index (κ1) is 23.4. The average molecular weight is 421 g/mol. The fourth-order valence-corrected chi connectivity index (χ4v) is 2.93. The minimum absolute atomic E-state index is 0.0137. The van der Waals surface area contributed by atoms with Crippen LogP contribution in [0.5, 0.6) is 17.2 Å². The SMILES string of the molecule is COc1ccc(CCNC(=O)CCCCOc2cc(C)ccc2C)cc1OC(F)F. The fourth-order valence-electron chi connectivity index (χ4n) is 2.93. The van der Waals surface area contributed by atoms with Crippen LogP contribution in [-0.2, 0) is 11.2 Å². The Labute approximate surface area is 176 Å². The Morgan fingerprint density at radius 2 is 1.83 bits per heavy atom. The highest BCUT2D eigenvalue weighted by Crippen LogP contribution is 2.29. The van der Waals surface area contributed by atoms with Gasteiger partial charge in [-0.1, -0.05) is 18.2 Å². The van der Waals surface area contributed by atoms with Gasteiger partial charge in [0.25, 0.3) is 0 Å². The van der Waals surface area contributed by atoms with Gasteiger partial charge in [0.15, 0.2) is 11.5 Å². The second-order valence-electron chi connectivity index (χ2n) is 7.04. The van der Waals surface area contributed by atoms with Crippen LogP contribution in [0.1, 0.15) is 36.0 Å². The van der Waals surface area contributed by atoms with Crippen molar-refractivity contribution in [3.05, 3.63) is 53.1 Å². The van der Waals surface area contributed by atoms with Gasteiger partial charge >= 0.3 is 6.61 Å². The monoisotopic (exact) mass is 421 g/mol. The number of alkyl halides is 2. The summed E-state index contributed by atoms with van der Waals surface area (Å²) in [6.45, 7) is 2.09. The molecular formula is C23H29F2NO4. The molecule has 2 rings (SSSR count). The smallest absolute Gasteiger partial charge is 0.387 e. The van der Waals surface area contributed by atoms with Crippen LogP contribution in [0.25, 0.3) is 0 Å². The summed E-state index contributed by atoms with van der Waals surface area (Å²) in [5, 5.41) is 2.85. The van der Waals surface area contributed by atoms with E-state index in [0.717, 1.165) is 35.3 Å². The highest BCUT2D eigenvalue weighted by Gasteiger charge is 2.11. The number of benzene rings is 2. The van der Waals surface area contributed by atoms with Gasteiger partial charge in [0.1, 0.15) is 5.75 Å². The van der Waals surface area contributed by atoms with Crippen LogP contribution in [0.4, 0.5) is 8.78 Å². The van der Waals surface area contributed by atoms with Crippen LogP contribution in [-0.4, -0.2) is 32.8 Å². The molecule has 1 amide bonds. The maximum atomic E-state index is 12.5. The van der Waals surface area contributed by atoms with E-state index in [1.165, 1.54) is 13.2 Å². The summed E-state index contributed by atoms with van der Waals surface area (Å²) in [6.07, 6.45) is 2.43. The molecule has 0 aromatic heterocycles. The summed E-state index contributed by atoms with van der Waals surface area (Å²) < 4.78 is 40.2. The van der Waals surface area contributed by atoms with Gasteiger partial charge < -0.3 is 19.5 Å². The zero-order valence-corrected chi connectivity index (χ0v) is 17.7. The fraction of sp³-hybridized carbons (Fsp3) is 0.435. The number of carbonyl (C=O) groups is 1. The Kier molecular flexibility index (Phi) is 9.38. The van der Waals surface area contributed by atoms with Gasteiger partial charge in [-0.05, 0) is 68.0 Å². The molecule has 2 aromatic rings. The molecule has 164 valence electrons. The molecule has 1 N–H and O–H groups in total. The molecule has 0 aliphatic heterocycles. The molecule has 0 unspecified atom stereocenters. The van der Waals surface area contributed by atoms with E-state index in [1.807, 2.05) is 32.0 Å². The van der Waals surface area contributed by atoms with Gasteiger partial charge in [-0.25, -0.2) is 0 Å². The zero-order chi connectivity index (χ0) is 21.9. The van der Waals surface area contributed by atoms with E-state index in [0.29, 0.717) is 26.0 Å². The van der Waals surface area contributed by atoms with Crippen LogP contribution >= 0.6 is 0 Å². The van der Waals surface area contributed by atoms with Gasteiger partial charge in [-0.2, -0.15) is 8.78 Å². The van der Waals surface area contributed by atoms with Crippen LogP contribution in [0.15, 0.2) is 36.4 Å². The Hall–Kier alpha value is -2.83. The summed E-state index contributed by atoms with van der Waals surface area (Å²) >= 11 is 0. The molecule has 5 nitrogen and oxygen atoms in total. The molecule has 7 heteroatoms. The largest absolute Gasteiger partial charge is 0.493 e. The van der Waals surface area contributed by atoms with Crippen LogP contribution in [0.2, 0.25) is 0 Å². The molecule has 2 aromatic carbocycles. The highest BCUT2D eigenvalue weighted by atomic mass is 19.3. The second-order valence-corrected chi connectivity index (χ2v) is 7.04. The molecule has 0 radical (unpaired) electrons. The summed E-state index contributed by atoms with van der Waals surface area (Å²) in [6, 6.07) is 10.9. The number of unbranched alkanes of at least 4 members (excludes halogenated alkanes) is 1. The maximum absolute atomic E-state index is 12.5. The minimum Gasteiger partial charge on any atom is -0.493 e. The second kappa shape index (κ2) is 12.0. The van der Waals surface area contributed by atoms with Crippen molar-refractivity contribution in [1.29, 1.82) is 0 Å². The molecule has 0 fully saturated rings. The topological polar surface area (TPSA) is 56.8 Å². The van der Waals surface area contributed by atoms with E-state index >= 15 is 0 Å². The molecule has 0 atom stereocenters. The first-order valence-electron chi connectivity index (χ1n) is 9.97. The predicted octanol–water partition coefficient (Wildman–Crippen LogP) is 4.82. The van der Waals surface area contributed by atoms with Gasteiger partial charge in [0, 0.05) is 13.0 Å². The molecule has 0 saturated heterocycles. The lowest BCUT2D eigenvalue weighted by Crippen LogP contribution is -2.25. The standard InChI is InChI=1S/C23H29F2NO4/c1-16-7-8-17(2)20(14-16)29-13-5-4-6-22(27)26-12-11-18-9-10-19(28-3)21(15-18)30-23(24)25/h7-10,14-15,23H,4-6,11-13H2,1-3H3,(H,26,27). The van der Waals surface area contributed by atoms with E-state index in [1.54, 1.807) is 12.1 Å². The Balaban J connectivity index is 1.66. The van der Waals surface area contributed by atoms with E-state index in [9.17, 15) is 13.6 Å². The molecule has 0 saturated carbocycles. The lowest BCUT2D eigenvalue weighted by atomic mass is 10.1. The van der Waals surface area contributed by atoms with E-state index < -0.39 is 6.61 Å². The number of ether oxygens (including phenoxy) is 3. The van der Waals surface area contributed by atoms with Crippen molar-refractivity contribution in [2.24, 2.45) is 0 Å². The van der Waals surface area contributed by atoms with Gasteiger partial charge in [-0.15, -0.1) is 0 Å². The summed E-state index contributed by atoms with van der Waals surface area (Å²) in [5.74, 6) is 1.07. The van der Waals surface area contributed by atoms with Gasteiger partial charge in [0.2, 0.25) is 5.91 Å². The molecule has 0 spiro atoms. The summed E-state index contributed by atoms with van der Waals surface area (Å²) in [7, 11) is 1.39. The lowest BCUT2D eigenvalue weighted by Gasteiger charge is -2.12. The average Bonchev–Trinajstić information content (AvgIpc) is 2.70. The molecule has 0 aliphatic carbocycles. The molecule has 0 aliphatic rings. The first-order chi connectivity index (χ1) is 14.4. The normalized spacial score (nSPS) is 10.7. The lowest BCUT2D eigenvalue weighted by molar-refractivity contribution is -0.121. The third-order valence-electron chi connectivity index (χ3n) is 4.58. The number of hydrogen-bond acceptors (Lipinski definition) is 4. The van der Waals surface area contributed by atoms with E-state index in [2.05, 4.69) is 10.1 Å². The Morgan fingerprint density at radius 3 is 2.57 bits per heavy atom. The van der Waals surface area contributed by atoms with Crippen molar-refractivity contribution in [2.45, 2.75) is 46.1 Å². The van der Waals surface area contributed by atoms with Crippen molar-refractivity contribution in [3.8, 4) is 17.2 Å². The predicted molar refractivity (Wildman–Crippen MR) is 112 cm³/mol. The van der Waals surface area contributed by atoms with Crippen LogP contribution in [0, 0.1) is 13.8 Å². The van der Waals surface area contributed by atoms with Crippen LogP contribution in [0.3, 0.4) is 0 Å². The number of methoxy groups -OCH3 is 1. The number of nitrogens with one attached hydrogen (secondary N) is 1. The van der Waals surface area contributed by atoms with Crippen molar-refractivity contribution in [3.63, 3.8) is 0 Å². The number of hydrogen-bond donors (Lipinski definition) is 1. The number of carbonyl (C=O) groups excluding carboxylic acids is 1. The summed E-state index contributed by atoms with van der Waals surface area (Å²) in [5.41, 5.74) is 3.02. The third kappa shape index (κ3) is 7.89. The van der Waals surface area contributed by atoms with E-state index in [4.69, 9.17) is 9.47 Å². The number of amides is 1. The minimum atomic E-state index is -2.92. The van der Waals surface area contributed by atoms with Crippen molar-refractivity contribution >= 4 is 5.91 Å². The highest BCUT2D eigenvalue weighted by molar-refractivity contribution is 5.75. The molecule has 0 heterocycles. The Morgan fingerprint density at radius 1 is 1.03 bits per heavy atom. The van der Waals surface area contributed by atoms with Crippen LogP contribution < -0.4 is 19.5 Å². The van der Waals surface area contributed by atoms with E-state index in [-0.39, 0.29) is 17.4 Å². The zero-order valence-electron chi connectivity index (χ0n) is 17.7. The summed E-state index contributed by atoms with van der Waals surface area (Å²) in [4.78, 5) is 12.0. The number of halogens is 2. The Bertz CT molecular complexity index is 827. The first-order valence-corrected chi connectivity index (χ1v) is 9.97. The van der Waals surface area contributed by atoms with Crippen molar-refractivity contribution in [2.75, 3.05) is 20.3 Å². The number of aryl methyl sites for hydroxylation is 2. The third-order valence-corrected chi connectivity index (χ3v) is 4.58. The maximum Gasteiger partial charge on any atom is 0.387 e. The van der Waals surface area contributed by atoms with Crippen molar-refractivity contribution < 1.29 is 27.8 Å². The van der Waals surface area contributed by atoms with Gasteiger partial charge in [0.05, 0.1) is 13.7 Å². The molecule has 30 heavy (non-hydrogen) atoms.